The van der Waals surface area contributed by atoms with Crippen LogP contribution in [-0.4, -0.2) is 19.8 Å². The van der Waals surface area contributed by atoms with Gasteiger partial charge in [-0.1, -0.05) is 24.3 Å². The molecule has 1 aliphatic rings. The quantitative estimate of drug-likeness (QED) is 0.490. The highest BCUT2D eigenvalue weighted by Crippen LogP contribution is 2.28. The minimum absolute atomic E-state index is 0.252. The summed E-state index contributed by atoms with van der Waals surface area (Å²) >= 11 is 0. The van der Waals surface area contributed by atoms with Crippen molar-refractivity contribution in [1.82, 2.24) is 0 Å². The summed E-state index contributed by atoms with van der Waals surface area (Å²) in [7, 11) is 0. The number of allylic oxidation sites excluding steroid dienone is 1. The summed E-state index contributed by atoms with van der Waals surface area (Å²) in [6, 6.07) is 7.93. The maximum Gasteiger partial charge on any atom is 0.183 e. The molecular weight excluding hydrogens is 276 g/mol. The standard InChI is InChI=1S/C19H26O3/c1-3-5-7-8-16-14-21-19(22-15-16)17-9-11-18(12-10-17)20-13-6-4-2/h3-4,9-12,16,19H,1-2,5-8,13-15H2/t16-,19-. The van der Waals surface area contributed by atoms with Gasteiger partial charge in [0.15, 0.2) is 6.29 Å². The predicted molar refractivity (Wildman–Crippen MR) is 88.9 cm³/mol. The number of unbranched alkanes of at least 4 members (excludes halogenated alkanes) is 1. The molecular formula is C19H26O3. The molecule has 0 radical (unpaired) electrons. The van der Waals surface area contributed by atoms with E-state index in [1.165, 1.54) is 0 Å². The highest BCUT2D eigenvalue weighted by molar-refractivity contribution is 5.28. The monoisotopic (exact) mass is 302 g/mol. The molecule has 0 amide bonds. The normalized spacial score (nSPS) is 21.3. The molecule has 0 unspecified atom stereocenters. The molecule has 1 aromatic rings. The Hall–Kier alpha value is -1.58. The van der Waals surface area contributed by atoms with Gasteiger partial charge in [-0.25, -0.2) is 0 Å². The van der Waals surface area contributed by atoms with Gasteiger partial charge in [-0.05, 0) is 37.8 Å². The molecule has 0 saturated carbocycles. The highest BCUT2D eigenvalue weighted by atomic mass is 16.7. The van der Waals surface area contributed by atoms with E-state index in [2.05, 4.69) is 13.2 Å². The zero-order valence-corrected chi connectivity index (χ0v) is 13.2. The lowest BCUT2D eigenvalue weighted by Crippen LogP contribution is -2.27. The van der Waals surface area contributed by atoms with E-state index in [-0.39, 0.29) is 6.29 Å². The second-order valence-electron chi connectivity index (χ2n) is 5.58. The van der Waals surface area contributed by atoms with Crippen LogP contribution in [-0.2, 0) is 9.47 Å². The number of hydrogen-bond donors (Lipinski definition) is 0. The van der Waals surface area contributed by atoms with Gasteiger partial charge in [0.1, 0.15) is 5.75 Å². The van der Waals surface area contributed by atoms with E-state index in [9.17, 15) is 0 Å². The van der Waals surface area contributed by atoms with Gasteiger partial charge in [0.05, 0.1) is 19.8 Å². The minimum Gasteiger partial charge on any atom is -0.493 e. The summed E-state index contributed by atoms with van der Waals surface area (Å²) in [5, 5.41) is 0. The zero-order chi connectivity index (χ0) is 15.6. The Balaban J connectivity index is 1.76. The van der Waals surface area contributed by atoms with Crippen LogP contribution in [0.4, 0.5) is 0 Å². The van der Waals surface area contributed by atoms with Gasteiger partial charge in [0.25, 0.3) is 0 Å². The lowest BCUT2D eigenvalue weighted by Gasteiger charge is -2.29. The van der Waals surface area contributed by atoms with Gasteiger partial charge in [-0.3, -0.25) is 0 Å². The molecule has 0 atom stereocenters. The molecule has 0 spiro atoms. The Labute approximate surface area is 133 Å². The van der Waals surface area contributed by atoms with Gasteiger partial charge < -0.3 is 14.2 Å². The Morgan fingerprint density at radius 1 is 1.05 bits per heavy atom. The molecule has 1 fully saturated rings. The lowest BCUT2D eigenvalue weighted by atomic mass is 10.0. The van der Waals surface area contributed by atoms with Crippen LogP contribution < -0.4 is 4.74 Å². The average Bonchev–Trinajstić information content (AvgIpc) is 2.57. The maximum absolute atomic E-state index is 5.84. The van der Waals surface area contributed by atoms with Crippen LogP contribution in [0.5, 0.6) is 5.75 Å². The van der Waals surface area contributed by atoms with E-state index < -0.39 is 0 Å². The Bertz CT molecular complexity index is 444. The molecule has 120 valence electrons. The highest BCUT2D eigenvalue weighted by Gasteiger charge is 2.23. The van der Waals surface area contributed by atoms with Gasteiger partial charge >= 0.3 is 0 Å². The van der Waals surface area contributed by atoms with E-state index in [0.29, 0.717) is 12.5 Å². The van der Waals surface area contributed by atoms with Crippen molar-refractivity contribution in [3.63, 3.8) is 0 Å². The fourth-order valence-electron chi connectivity index (χ4n) is 2.43. The predicted octanol–water partition coefficient (Wildman–Crippen LogP) is 4.66. The second kappa shape index (κ2) is 9.44. The van der Waals surface area contributed by atoms with Gasteiger partial charge in [-0.2, -0.15) is 0 Å². The number of benzene rings is 1. The van der Waals surface area contributed by atoms with Crippen LogP contribution in [0.25, 0.3) is 0 Å². The van der Waals surface area contributed by atoms with Gasteiger partial charge in [0.2, 0.25) is 0 Å². The third-order valence-electron chi connectivity index (χ3n) is 3.73. The van der Waals surface area contributed by atoms with E-state index in [4.69, 9.17) is 14.2 Å². The molecule has 0 bridgehead atoms. The number of rotatable bonds is 9. The van der Waals surface area contributed by atoms with Crippen molar-refractivity contribution in [3.8, 4) is 5.75 Å². The summed E-state index contributed by atoms with van der Waals surface area (Å²) in [6.45, 7) is 9.61. The molecule has 0 aliphatic carbocycles. The first-order chi connectivity index (χ1) is 10.8. The first-order valence-electron chi connectivity index (χ1n) is 8.01. The van der Waals surface area contributed by atoms with Crippen molar-refractivity contribution < 1.29 is 14.2 Å². The van der Waals surface area contributed by atoms with Crippen molar-refractivity contribution in [3.05, 3.63) is 55.1 Å². The topological polar surface area (TPSA) is 27.7 Å². The molecule has 3 nitrogen and oxygen atoms in total. The summed E-state index contributed by atoms with van der Waals surface area (Å²) in [5.74, 6) is 1.36. The smallest absolute Gasteiger partial charge is 0.183 e. The molecule has 3 heteroatoms. The largest absolute Gasteiger partial charge is 0.493 e. The molecule has 1 saturated heterocycles. The maximum atomic E-state index is 5.84. The molecule has 0 N–H and O–H groups in total. The number of hydrogen-bond acceptors (Lipinski definition) is 3. The van der Waals surface area contributed by atoms with E-state index in [1.54, 1.807) is 0 Å². The van der Waals surface area contributed by atoms with Crippen LogP contribution in [0.3, 0.4) is 0 Å². The Morgan fingerprint density at radius 3 is 2.36 bits per heavy atom. The zero-order valence-electron chi connectivity index (χ0n) is 13.2. The van der Waals surface area contributed by atoms with E-state index in [0.717, 1.165) is 50.2 Å². The molecule has 0 aromatic heterocycles. The molecule has 1 aromatic carbocycles. The van der Waals surface area contributed by atoms with Crippen LogP contribution in [0.1, 0.15) is 37.5 Å². The lowest BCUT2D eigenvalue weighted by molar-refractivity contribution is -0.206. The summed E-state index contributed by atoms with van der Waals surface area (Å²) < 4.78 is 17.3. The van der Waals surface area contributed by atoms with Crippen LogP contribution >= 0.6 is 0 Å². The van der Waals surface area contributed by atoms with E-state index >= 15 is 0 Å². The van der Waals surface area contributed by atoms with E-state index in [1.807, 2.05) is 36.4 Å². The van der Waals surface area contributed by atoms with Crippen LogP contribution in [0.15, 0.2) is 49.6 Å². The third-order valence-corrected chi connectivity index (χ3v) is 3.73. The Morgan fingerprint density at radius 2 is 1.73 bits per heavy atom. The molecule has 1 aliphatic heterocycles. The van der Waals surface area contributed by atoms with Crippen LogP contribution in [0, 0.1) is 5.92 Å². The third kappa shape index (κ3) is 5.32. The average molecular weight is 302 g/mol. The van der Waals surface area contributed by atoms with Crippen molar-refractivity contribution >= 4 is 0 Å². The summed E-state index contributed by atoms with van der Waals surface area (Å²) in [4.78, 5) is 0. The van der Waals surface area contributed by atoms with Crippen molar-refractivity contribution in [2.45, 2.75) is 32.0 Å². The fraction of sp³-hybridized carbons (Fsp3) is 0.474. The van der Waals surface area contributed by atoms with Gasteiger partial charge in [-0.15, -0.1) is 13.2 Å². The summed E-state index contributed by atoms with van der Waals surface area (Å²) in [5.41, 5.74) is 1.04. The molecule has 22 heavy (non-hydrogen) atoms. The van der Waals surface area contributed by atoms with Crippen molar-refractivity contribution in [2.75, 3.05) is 19.8 Å². The second-order valence-corrected chi connectivity index (χ2v) is 5.58. The SMILES string of the molecule is C=CCCC[C@H]1CO[C@H](c2ccc(OCCC=C)cc2)OC1. The summed E-state index contributed by atoms with van der Waals surface area (Å²) in [6.07, 6.45) is 7.77. The molecule has 2 rings (SSSR count). The van der Waals surface area contributed by atoms with Crippen molar-refractivity contribution in [1.29, 1.82) is 0 Å². The van der Waals surface area contributed by atoms with Crippen LogP contribution in [0.2, 0.25) is 0 Å². The minimum atomic E-state index is -0.252. The first-order valence-corrected chi connectivity index (χ1v) is 8.01. The van der Waals surface area contributed by atoms with Crippen molar-refractivity contribution in [2.24, 2.45) is 5.92 Å². The number of ether oxygens (including phenoxy) is 3. The van der Waals surface area contributed by atoms with Gasteiger partial charge in [0, 0.05) is 11.5 Å². The first kappa shape index (κ1) is 16.8. The Kier molecular flexibility index (Phi) is 7.20. The molecule has 1 heterocycles. The fourth-order valence-corrected chi connectivity index (χ4v) is 2.43.